The minimum Gasteiger partial charge on any atom is -0.506 e. The van der Waals surface area contributed by atoms with Gasteiger partial charge in [0.05, 0.1) is 11.1 Å². The van der Waals surface area contributed by atoms with E-state index in [2.05, 4.69) is 25.9 Å². The topological polar surface area (TPSA) is 83.0 Å². The number of fused-ring (bicyclic) bond motifs is 1. The van der Waals surface area contributed by atoms with Crippen LogP contribution in [0.1, 0.15) is 10.4 Å². The Morgan fingerprint density at radius 2 is 2.09 bits per heavy atom. The Morgan fingerprint density at radius 3 is 2.82 bits per heavy atom. The number of nitrogens with one attached hydrogen (secondary N) is 1. The van der Waals surface area contributed by atoms with Gasteiger partial charge in [-0.2, -0.15) is 0 Å². The predicted octanol–water partition coefficient (Wildman–Crippen LogP) is 3.01. The Bertz CT molecular complexity index is 969. The largest absolute Gasteiger partial charge is 0.506 e. The lowest BCUT2D eigenvalue weighted by Gasteiger charge is -2.07. The van der Waals surface area contributed by atoms with Crippen molar-refractivity contribution in [2.75, 3.05) is 0 Å². The molecule has 7 heteroatoms. The zero-order valence-electron chi connectivity index (χ0n) is 10.9. The van der Waals surface area contributed by atoms with Gasteiger partial charge in [-0.25, -0.2) is 9.37 Å². The molecule has 3 rings (SSSR count). The molecule has 3 aromatic rings. The van der Waals surface area contributed by atoms with Gasteiger partial charge >= 0.3 is 0 Å². The first-order valence-electron chi connectivity index (χ1n) is 6.18. The lowest BCUT2D eigenvalue weighted by atomic mass is 10.1. The maximum absolute atomic E-state index is 14.2. The normalized spacial score (nSPS) is 10.8. The van der Waals surface area contributed by atoms with Crippen LogP contribution in [-0.2, 0) is 0 Å². The molecule has 0 unspecified atom stereocenters. The van der Waals surface area contributed by atoms with Gasteiger partial charge < -0.3 is 10.1 Å². The van der Waals surface area contributed by atoms with E-state index in [1.54, 1.807) is 6.07 Å². The van der Waals surface area contributed by atoms with E-state index in [1.807, 2.05) is 0 Å². The van der Waals surface area contributed by atoms with Gasteiger partial charge in [0.1, 0.15) is 22.8 Å². The van der Waals surface area contributed by atoms with Gasteiger partial charge in [0.25, 0.3) is 5.56 Å². The van der Waals surface area contributed by atoms with E-state index in [9.17, 15) is 19.1 Å². The maximum atomic E-state index is 14.2. The molecular weight excluding hydrogens is 355 g/mol. The quantitative estimate of drug-likeness (QED) is 0.686. The number of aromatic amines is 1. The highest BCUT2D eigenvalue weighted by Crippen LogP contribution is 2.28. The number of rotatable bonds is 2. The fourth-order valence-corrected chi connectivity index (χ4v) is 2.59. The van der Waals surface area contributed by atoms with Crippen molar-refractivity contribution < 1.29 is 14.3 Å². The third kappa shape index (κ3) is 2.29. The number of aromatic nitrogens is 2. The molecule has 0 fully saturated rings. The zero-order valence-corrected chi connectivity index (χ0v) is 12.5. The third-order valence-electron chi connectivity index (χ3n) is 3.15. The van der Waals surface area contributed by atoms with Gasteiger partial charge in [-0.1, -0.05) is 22.0 Å². The molecule has 0 aliphatic carbocycles. The van der Waals surface area contributed by atoms with E-state index in [-0.39, 0.29) is 28.1 Å². The molecule has 0 aliphatic rings. The first-order chi connectivity index (χ1) is 10.5. The second-order valence-electron chi connectivity index (χ2n) is 4.56. The number of aromatic hydroxyl groups is 1. The van der Waals surface area contributed by atoms with E-state index in [4.69, 9.17) is 0 Å². The molecule has 0 saturated heterocycles. The average molecular weight is 363 g/mol. The molecule has 2 aromatic carbocycles. The first kappa shape index (κ1) is 14.4. The predicted molar refractivity (Wildman–Crippen MR) is 82.5 cm³/mol. The lowest BCUT2D eigenvalue weighted by Crippen LogP contribution is -2.12. The number of phenols is 1. The molecule has 1 heterocycles. The summed E-state index contributed by atoms with van der Waals surface area (Å²) in [4.78, 5) is 29.5. The van der Waals surface area contributed by atoms with E-state index in [0.29, 0.717) is 16.3 Å². The molecule has 0 spiro atoms. The number of hydrogen-bond donors (Lipinski definition) is 2. The minimum absolute atomic E-state index is 0.102. The van der Waals surface area contributed by atoms with Crippen LogP contribution in [0.5, 0.6) is 5.75 Å². The number of aldehydes is 1. The van der Waals surface area contributed by atoms with E-state index < -0.39 is 11.4 Å². The molecule has 0 amide bonds. The number of carbonyl (C=O) groups excluding carboxylic acids is 1. The first-order valence-corrected chi connectivity index (χ1v) is 6.97. The molecule has 110 valence electrons. The summed E-state index contributed by atoms with van der Waals surface area (Å²) in [5.41, 5.74) is -0.645. The molecule has 0 atom stereocenters. The van der Waals surface area contributed by atoms with Crippen molar-refractivity contribution in [3.63, 3.8) is 0 Å². The van der Waals surface area contributed by atoms with Crippen LogP contribution in [0.2, 0.25) is 0 Å². The van der Waals surface area contributed by atoms with Crippen molar-refractivity contribution in [2.45, 2.75) is 0 Å². The van der Waals surface area contributed by atoms with Crippen LogP contribution >= 0.6 is 15.9 Å². The minimum atomic E-state index is -0.827. The van der Waals surface area contributed by atoms with Crippen LogP contribution in [0, 0.1) is 5.82 Å². The van der Waals surface area contributed by atoms with Crippen molar-refractivity contribution >= 4 is 33.2 Å². The smallest absolute Gasteiger partial charge is 0.275 e. The highest BCUT2D eigenvalue weighted by Gasteiger charge is 2.16. The Kier molecular flexibility index (Phi) is 3.50. The summed E-state index contributed by atoms with van der Waals surface area (Å²) >= 11 is 3.19. The van der Waals surface area contributed by atoms with Gasteiger partial charge in [-0.05, 0) is 24.3 Å². The van der Waals surface area contributed by atoms with Crippen molar-refractivity contribution in [1.82, 2.24) is 9.97 Å². The lowest BCUT2D eigenvalue weighted by molar-refractivity contribution is 0.112. The van der Waals surface area contributed by atoms with E-state index in [0.717, 1.165) is 0 Å². The number of H-pyrrole nitrogens is 1. The average Bonchev–Trinajstić information content (AvgIpc) is 2.47. The van der Waals surface area contributed by atoms with Crippen molar-refractivity contribution in [1.29, 1.82) is 0 Å². The van der Waals surface area contributed by atoms with Gasteiger partial charge in [-0.15, -0.1) is 0 Å². The number of nitrogens with zero attached hydrogens (tertiary/aromatic N) is 1. The van der Waals surface area contributed by atoms with Crippen LogP contribution in [0.3, 0.4) is 0 Å². The fraction of sp³-hybridized carbons (Fsp3) is 0. The molecule has 0 saturated carbocycles. The number of phenolic OH excluding ortho intramolecular Hbond substituents is 1. The van der Waals surface area contributed by atoms with Gasteiger partial charge in [0, 0.05) is 10.0 Å². The van der Waals surface area contributed by atoms with Crippen LogP contribution in [-0.4, -0.2) is 21.4 Å². The van der Waals surface area contributed by atoms with E-state index in [1.165, 1.54) is 24.3 Å². The maximum Gasteiger partial charge on any atom is 0.275 e. The van der Waals surface area contributed by atoms with Crippen LogP contribution in [0.15, 0.2) is 39.6 Å². The van der Waals surface area contributed by atoms with Crippen LogP contribution in [0.25, 0.3) is 22.3 Å². The third-order valence-corrected chi connectivity index (χ3v) is 3.61. The highest BCUT2D eigenvalue weighted by molar-refractivity contribution is 9.10. The fourth-order valence-electron chi connectivity index (χ4n) is 2.15. The number of hydrogen-bond acceptors (Lipinski definition) is 4. The van der Waals surface area contributed by atoms with E-state index >= 15 is 0 Å². The summed E-state index contributed by atoms with van der Waals surface area (Å²) in [7, 11) is 0. The summed E-state index contributed by atoms with van der Waals surface area (Å²) in [6, 6.07) is 7.09. The van der Waals surface area contributed by atoms with Gasteiger partial charge in [0.15, 0.2) is 6.29 Å². The SMILES string of the molecule is O=Cc1cccc(-c2nc3c(O)cc(Br)cc3[nH]c2=O)c1F. The van der Waals surface area contributed by atoms with Crippen molar-refractivity contribution in [2.24, 2.45) is 0 Å². The molecule has 22 heavy (non-hydrogen) atoms. The summed E-state index contributed by atoms with van der Waals surface area (Å²) in [5.74, 6) is -0.986. The van der Waals surface area contributed by atoms with Crippen LogP contribution in [0.4, 0.5) is 4.39 Å². The highest BCUT2D eigenvalue weighted by atomic mass is 79.9. The molecule has 0 radical (unpaired) electrons. The molecule has 1 aromatic heterocycles. The van der Waals surface area contributed by atoms with Gasteiger partial charge in [-0.3, -0.25) is 9.59 Å². The second kappa shape index (κ2) is 5.34. The van der Waals surface area contributed by atoms with Gasteiger partial charge in [0.2, 0.25) is 0 Å². The summed E-state index contributed by atoms with van der Waals surface area (Å²) in [6.45, 7) is 0. The summed E-state index contributed by atoms with van der Waals surface area (Å²) in [6.07, 6.45) is 0.364. The number of carbonyl (C=O) groups is 1. The molecule has 5 nitrogen and oxygen atoms in total. The number of halogens is 2. The molecule has 2 N–H and O–H groups in total. The number of benzene rings is 2. The monoisotopic (exact) mass is 362 g/mol. The molecule has 0 bridgehead atoms. The zero-order chi connectivity index (χ0) is 15.9. The molecule has 0 aliphatic heterocycles. The van der Waals surface area contributed by atoms with Crippen molar-refractivity contribution in [3.05, 3.63) is 56.5 Å². The van der Waals surface area contributed by atoms with Crippen LogP contribution < -0.4 is 5.56 Å². The second-order valence-corrected chi connectivity index (χ2v) is 5.48. The standard InChI is InChI=1S/C15H8BrFN2O3/c16-8-4-10-14(11(21)5-8)19-13(15(22)18-10)9-3-1-2-7(6-20)12(9)17/h1-6,21H,(H,18,22). The van der Waals surface area contributed by atoms with Crippen molar-refractivity contribution in [3.8, 4) is 17.0 Å². The summed E-state index contributed by atoms with van der Waals surface area (Å²) < 4.78 is 14.8. The summed E-state index contributed by atoms with van der Waals surface area (Å²) in [5, 5.41) is 9.92. The Labute approximate surface area is 131 Å². The Balaban J connectivity index is 2.35. The molecular formula is C15H8BrFN2O3. The Hall–Kier alpha value is -2.54. The Morgan fingerprint density at radius 1 is 1.32 bits per heavy atom.